The predicted molar refractivity (Wildman–Crippen MR) is 58.0 cm³/mol. The van der Waals surface area contributed by atoms with Crippen LogP contribution in [0.25, 0.3) is 0 Å². The van der Waals surface area contributed by atoms with Gasteiger partial charge in [0.1, 0.15) is 0 Å². The van der Waals surface area contributed by atoms with Gasteiger partial charge in [-0.05, 0) is 19.8 Å². The standard InChI is InChI=1S/C11H22N2/c1-10(2,3)9(12)13-11(4)7-5-6-8-11/h5-8H2,1-4H3,(H2,12,13). The molecule has 2 heteroatoms. The lowest BCUT2D eigenvalue weighted by Gasteiger charge is -2.24. The fraction of sp³-hybridized carbons (Fsp3) is 0.909. The number of hydrogen-bond acceptors (Lipinski definition) is 1. The molecule has 2 N–H and O–H groups in total. The minimum absolute atomic E-state index is 0.0194. The third-order valence-electron chi connectivity index (χ3n) is 2.84. The monoisotopic (exact) mass is 182 g/mol. The molecule has 0 unspecified atom stereocenters. The van der Waals surface area contributed by atoms with Crippen molar-refractivity contribution in [1.29, 1.82) is 0 Å². The van der Waals surface area contributed by atoms with Crippen molar-refractivity contribution < 1.29 is 0 Å². The molecular formula is C11H22N2. The Hall–Kier alpha value is -0.530. The van der Waals surface area contributed by atoms with E-state index < -0.39 is 0 Å². The van der Waals surface area contributed by atoms with Gasteiger partial charge in [0.2, 0.25) is 0 Å². The summed E-state index contributed by atoms with van der Waals surface area (Å²) in [5, 5.41) is 0. The number of nitrogens with zero attached hydrogens (tertiary/aromatic N) is 1. The molecule has 1 rings (SSSR count). The Balaban J connectivity index is 2.74. The van der Waals surface area contributed by atoms with Gasteiger partial charge in [-0.1, -0.05) is 33.6 Å². The van der Waals surface area contributed by atoms with Crippen LogP contribution >= 0.6 is 0 Å². The summed E-state index contributed by atoms with van der Waals surface area (Å²) in [5.41, 5.74) is 6.12. The van der Waals surface area contributed by atoms with Crippen LogP contribution in [0.5, 0.6) is 0 Å². The summed E-state index contributed by atoms with van der Waals surface area (Å²) in [7, 11) is 0. The normalized spacial score (nSPS) is 23.5. The van der Waals surface area contributed by atoms with E-state index in [-0.39, 0.29) is 11.0 Å². The maximum absolute atomic E-state index is 5.97. The lowest BCUT2D eigenvalue weighted by Crippen LogP contribution is -2.33. The van der Waals surface area contributed by atoms with Crippen LogP contribution in [0.4, 0.5) is 0 Å². The zero-order valence-electron chi connectivity index (χ0n) is 9.35. The van der Waals surface area contributed by atoms with Crippen LogP contribution in [0.3, 0.4) is 0 Å². The summed E-state index contributed by atoms with van der Waals surface area (Å²) < 4.78 is 0. The van der Waals surface area contributed by atoms with Crippen molar-refractivity contribution in [2.45, 2.75) is 58.9 Å². The summed E-state index contributed by atoms with van der Waals surface area (Å²) in [5.74, 6) is 0.803. The molecule has 1 saturated carbocycles. The summed E-state index contributed by atoms with van der Waals surface area (Å²) in [6.45, 7) is 8.57. The lowest BCUT2D eigenvalue weighted by molar-refractivity contribution is 0.474. The highest BCUT2D eigenvalue weighted by molar-refractivity contribution is 5.85. The van der Waals surface area contributed by atoms with E-state index in [9.17, 15) is 0 Å². The molecule has 0 amide bonds. The fourth-order valence-corrected chi connectivity index (χ4v) is 1.71. The molecule has 2 nitrogen and oxygen atoms in total. The van der Waals surface area contributed by atoms with Gasteiger partial charge in [0, 0.05) is 5.41 Å². The zero-order valence-corrected chi connectivity index (χ0v) is 9.35. The molecule has 13 heavy (non-hydrogen) atoms. The van der Waals surface area contributed by atoms with Crippen molar-refractivity contribution >= 4 is 5.84 Å². The van der Waals surface area contributed by atoms with Gasteiger partial charge in [0.15, 0.2) is 0 Å². The smallest absolute Gasteiger partial charge is 0.0998 e. The zero-order chi connectivity index (χ0) is 10.1. The second-order valence-electron chi connectivity index (χ2n) is 5.45. The first-order valence-electron chi connectivity index (χ1n) is 5.19. The molecule has 0 atom stereocenters. The Bertz CT molecular complexity index is 205. The van der Waals surface area contributed by atoms with Crippen molar-refractivity contribution in [3.05, 3.63) is 0 Å². The number of aliphatic imine (C=N–C) groups is 1. The van der Waals surface area contributed by atoms with E-state index in [1.54, 1.807) is 0 Å². The van der Waals surface area contributed by atoms with Crippen LogP contribution in [-0.4, -0.2) is 11.4 Å². The van der Waals surface area contributed by atoms with Gasteiger partial charge in [-0.2, -0.15) is 0 Å². The first-order valence-corrected chi connectivity index (χ1v) is 5.19. The maximum atomic E-state index is 5.97. The van der Waals surface area contributed by atoms with E-state index in [2.05, 4.69) is 32.7 Å². The van der Waals surface area contributed by atoms with Crippen molar-refractivity contribution in [3.8, 4) is 0 Å². The van der Waals surface area contributed by atoms with Gasteiger partial charge in [-0.15, -0.1) is 0 Å². The predicted octanol–water partition coefficient (Wildman–Crippen LogP) is 2.72. The second-order valence-corrected chi connectivity index (χ2v) is 5.45. The Labute approximate surface area is 81.6 Å². The van der Waals surface area contributed by atoms with E-state index >= 15 is 0 Å². The van der Waals surface area contributed by atoms with Crippen molar-refractivity contribution in [2.75, 3.05) is 0 Å². The van der Waals surface area contributed by atoms with E-state index in [0.29, 0.717) is 0 Å². The summed E-state index contributed by atoms with van der Waals surface area (Å²) in [6.07, 6.45) is 5.00. The Morgan fingerprint density at radius 2 is 1.69 bits per heavy atom. The molecule has 1 aliphatic rings. The fourth-order valence-electron chi connectivity index (χ4n) is 1.71. The van der Waals surface area contributed by atoms with Crippen molar-refractivity contribution in [1.82, 2.24) is 0 Å². The average Bonchev–Trinajstić information content (AvgIpc) is 2.33. The van der Waals surface area contributed by atoms with Crippen LogP contribution < -0.4 is 5.73 Å². The van der Waals surface area contributed by atoms with Crippen LogP contribution in [0.2, 0.25) is 0 Å². The SMILES string of the molecule is CC1(N=C(N)C(C)(C)C)CCCC1. The summed E-state index contributed by atoms with van der Waals surface area (Å²) in [4.78, 5) is 4.67. The molecule has 1 fully saturated rings. The molecule has 0 heterocycles. The van der Waals surface area contributed by atoms with E-state index in [0.717, 1.165) is 5.84 Å². The minimum Gasteiger partial charge on any atom is -0.387 e. The topological polar surface area (TPSA) is 38.4 Å². The Kier molecular flexibility index (Phi) is 2.69. The number of hydrogen-bond donors (Lipinski definition) is 1. The maximum Gasteiger partial charge on any atom is 0.0998 e. The average molecular weight is 182 g/mol. The van der Waals surface area contributed by atoms with Gasteiger partial charge in [0.25, 0.3) is 0 Å². The molecule has 0 aromatic rings. The van der Waals surface area contributed by atoms with Crippen LogP contribution in [0, 0.1) is 5.41 Å². The molecule has 0 saturated heterocycles. The highest BCUT2D eigenvalue weighted by Gasteiger charge is 2.29. The first-order chi connectivity index (χ1) is 5.83. The highest BCUT2D eigenvalue weighted by atomic mass is 14.9. The first kappa shape index (κ1) is 10.6. The number of rotatable bonds is 1. The van der Waals surface area contributed by atoms with Crippen LogP contribution in [0.15, 0.2) is 4.99 Å². The molecule has 0 bridgehead atoms. The van der Waals surface area contributed by atoms with E-state index in [1.165, 1.54) is 25.7 Å². The Morgan fingerprint density at radius 3 is 2.08 bits per heavy atom. The second kappa shape index (κ2) is 3.32. The minimum atomic E-state index is 0.0194. The molecule has 0 aromatic carbocycles. The summed E-state index contributed by atoms with van der Waals surface area (Å²) >= 11 is 0. The number of amidine groups is 1. The summed E-state index contributed by atoms with van der Waals surface area (Å²) in [6, 6.07) is 0. The Morgan fingerprint density at radius 1 is 1.23 bits per heavy atom. The highest BCUT2D eigenvalue weighted by Crippen LogP contribution is 2.33. The molecule has 76 valence electrons. The van der Waals surface area contributed by atoms with Crippen molar-refractivity contribution in [3.63, 3.8) is 0 Å². The third kappa shape index (κ3) is 2.71. The lowest BCUT2D eigenvalue weighted by atomic mass is 9.93. The third-order valence-corrected chi connectivity index (χ3v) is 2.84. The van der Waals surface area contributed by atoms with Gasteiger partial charge in [0.05, 0.1) is 11.4 Å². The molecule has 1 aliphatic carbocycles. The van der Waals surface area contributed by atoms with E-state index in [1.807, 2.05) is 0 Å². The van der Waals surface area contributed by atoms with Gasteiger partial charge in [-0.3, -0.25) is 4.99 Å². The molecular weight excluding hydrogens is 160 g/mol. The molecule has 0 radical (unpaired) electrons. The van der Waals surface area contributed by atoms with Gasteiger partial charge >= 0.3 is 0 Å². The largest absolute Gasteiger partial charge is 0.387 e. The van der Waals surface area contributed by atoms with Gasteiger partial charge < -0.3 is 5.73 Å². The van der Waals surface area contributed by atoms with Crippen molar-refractivity contribution in [2.24, 2.45) is 16.1 Å². The van der Waals surface area contributed by atoms with Gasteiger partial charge in [-0.25, -0.2) is 0 Å². The number of nitrogens with two attached hydrogens (primary N) is 1. The molecule has 0 spiro atoms. The molecule has 0 aliphatic heterocycles. The molecule has 0 aromatic heterocycles. The van der Waals surface area contributed by atoms with Crippen LogP contribution in [0.1, 0.15) is 53.4 Å². The van der Waals surface area contributed by atoms with E-state index in [4.69, 9.17) is 5.73 Å². The van der Waals surface area contributed by atoms with Crippen LogP contribution in [-0.2, 0) is 0 Å². The quantitative estimate of drug-likeness (QED) is 0.491.